The van der Waals surface area contributed by atoms with Crippen LogP contribution in [0.1, 0.15) is 105 Å². The fourth-order valence-corrected chi connectivity index (χ4v) is 4.43. The quantitative estimate of drug-likeness (QED) is 0.435. The third-order valence-corrected chi connectivity index (χ3v) is 5.31. The molecule has 0 aromatic carbocycles. The van der Waals surface area contributed by atoms with Crippen LogP contribution in [0.4, 0.5) is 0 Å². The molecule has 2 nitrogen and oxygen atoms in total. The van der Waals surface area contributed by atoms with Crippen LogP contribution < -0.4 is 11.5 Å². The van der Waals surface area contributed by atoms with E-state index < -0.39 is 5.66 Å². The fraction of sp³-hybridized carbons (Fsp3) is 1.00. The maximum atomic E-state index is 6.76. The Kier molecular flexibility index (Phi) is 10.6. The summed E-state index contributed by atoms with van der Waals surface area (Å²) in [6, 6.07) is 0. The first-order valence-electron chi connectivity index (χ1n) is 9.53. The minimum absolute atomic E-state index is 0.123. The zero-order chi connectivity index (χ0) is 16.4. The van der Waals surface area contributed by atoms with Gasteiger partial charge in [-0.1, -0.05) is 79.6 Å². The SMILES string of the molecule is CCCCC(CCC)C(CCC)(CCC)C(N)(N)CCC. The van der Waals surface area contributed by atoms with Crippen molar-refractivity contribution in [1.82, 2.24) is 0 Å². The molecule has 0 rings (SSSR count). The highest BCUT2D eigenvalue weighted by Crippen LogP contribution is 2.49. The summed E-state index contributed by atoms with van der Waals surface area (Å²) in [5, 5.41) is 0. The molecule has 2 heteroatoms. The van der Waals surface area contributed by atoms with Crippen LogP contribution in [-0.4, -0.2) is 5.66 Å². The van der Waals surface area contributed by atoms with E-state index in [1.54, 1.807) is 0 Å². The lowest BCUT2D eigenvalue weighted by Gasteiger charge is -2.52. The Labute approximate surface area is 134 Å². The van der Waals surface area contributed by atoms with Crippen LogP contribution in [0.5, 0.6) is 0 Å². The van der Waals surface area contributed by atoms with Gasteiger partial charge >= 0.3 is 0 Å². The van der Waals surface area contributed by atoms with Gasteiger partial charge in [0.15, 0.2) is 0 Å². The molecule has 0 aromatic rings. The first kappa shape index (κ1) is 20.9. The van der Waals surface area contributed by atoms with Crippen molar-refractivity contribution in [3.8, 4) is 0 Å². The molecule has 0 amide bonds. The topological polar surface area (TPSA) is 52.0 Å². The van der Waals surface area contributed by atoms with Crippen molar-refractivity contribution < 1.29 is 0 Å². The molecule has 0 aliphatic heterocycles. The number of hydrogen-bond acceptors (Lipinski definition) is 2. The maximum Gasteiger partial charge on any atom is 0.0697 e. The van der Waals surface area contributed by atoms with Gasteiger partial charge in [-0.15, -0.1) is 0 Å². The fourth-order valence-electron chi connectivity index (χ4n) is 4.43. The van der Waals surface area contributed by atoms with Gasteiger partial charge in [0, 0.05) is 5.41 Å². The third kappa shape index (κ3) is 5.56. The van der Waals surface area contributed by atoms with E-state index in [1.807, 2.05) is 0 Å². The molecule has 0 saturated carbocycles. The molecule has 0 fully saturated rings. The van der Waals surface area contributed by atoms with E-state index in [4.69, 9.17) is 11.5 Å². The summed E-state index contributed by atoms with van der Waals surface area (Å²) in [5.74, 6) is 0.684. The van der Waals surface area contributed by atoms with Gasteiger partial charge < -0.3 is 11.5 Å². The van der Waals surface area contributed by atoms with E-state index in [0.29, 0.717) is 5.92 Å². The zero-order valence-electron chi connectivity index (χ0n) is 15.5. The van der Waals surface area contributed by atoms with Crippen molar-refractivity contribution in [1.29, 1.82) is 0 Å². The van der Waals surface area contributed by atoms with Gasteiger partial charge in [0.05, 0.1) is 5.66 Å². The second-order valence-electron chi connectivity index (χ2n) is 7.07. The molecule has 0 bridgehead atoms. The zero-order valence-corrected chi connectivity index (χ0v) is 15.5. The second-order valence-corrected chi connectivity index (χ2v) is 7.07. The summed E-state index contributed by atoms with van der Waals surface area (Å²) < 4.78 is 0. The van der Waals surface area contributed by atoms with E-state index >= 15 is 0 Å². The maximum absolute atomic E-state index is 6.76. The van der Waals surface area contributed by atoms with Crippen LogP contribution in [0.3, 0.4) is 0 Å². The van der Waals surface area contributed by atoms with Crippen LogP contribution in [0.15, 0.2) is 0 Å². The molecule has 0 spiro atoms. The third-order valence-electron chi connectivity index (χ3n) is 5.31. The molecule has 4 N–H and O–H groups in total. The molecule has 0 saturated heterocycles. The first-order chi connectivity index (χ1) is 9.95. The summed E-state index contributed by atoms with van der Waals surface area (Å²) in [6.45, 7) is 11.4. The molecule has 0 heterocycles. The van der Waals surface area contributed by atoms with Crippen molar-refractivity contribution in [2.45, 2.75) is 111 Å². The van der Waals surface area contributed by atoms with Crippen LogP contribution in [0.2, 0.25) is 0 Å². The Hall–Kier alpha value is -0.0800. The molecule has 128 valence electrons. The molecule has 1 unspecified atom stereocenters. The Morgan fingerprint density at radius 2 is 1.19 bits per heavy atom. The van der Waals surface area contributed by atoms with Gasteiger partial charge in [-0.2, -0.15) is 0 Å². The van der Waals surface area contributed by atoms with Gasteiger partial charge in [0.2, 0.25) is 0 Å². The molecular formula is C19H42N2. The summed E-state index contributed by atoms with van der Waals surface area (Å²) in [7, 11) is 0. The van der Waals surface area contributed by atoms with E-state index in [2.05, 4.69) is 34.6 Å². The van der Waals surface area contributed by atoms with Gasteiger partial charge in [-0.3, -0.25) is 0 Å². The van der Waals surface area contributed by atoms with E-state index in [0.717, 1.165) is 12.8 Å². The van der Waals surface area contributed by atoms with E-state index in [1.165, 1.54) is 57.8 Å². The van der Waals surface area contributed by atoms with Crippen LogP contribution >= 0.6 is 0 Å². The average Bonchev–Trinajstić information content (AvgIpc) is 2.43. The number of hydrogen-bond donors (Lipinski definition) is 2. The Morgan fingerprint density at radius 3 is 1.57 bits per heavy atom. The van der Waals surface area contributed by atoms with Crippen molar-refractivity contribution in [2.24, 2.45) is 22.8 Å². The van der Waals surface area contributed by atoms with Crippen molar-refractivity contribution in [3.63, 3.8) is 0 Å². The van der Waals surface area contributed by atoms with Crippen molar-refractivity contribution in [3.05, 3.63) is 0 Å². The lowest BCUT2D eigenvalue weighted by atomic mass is 9.58. The summed E-state index contributed by atoms with van der Waals surface area (Å²) >= 11 is 0. The molecule has 0 aliphatic carbocycles. The highest BCUT2D eigenvalue weighted by molar-refractivity contribution is 5.01. The largest absolute Gasteiger partial charge is 0.313 e. The Balaban J connectivity index is 5.56. The standard InChI is InChI=1S/C19H42N2/c1-6-11-13-17(12-7-2)18(14-8-3,15-9-4)19(20,21)16-10-5/h17H,6-16,20-21H2,1-5H3. The Morgan fingerprint density at radius 1 is 0.667 bits per heavy atom. The molecule has 0 radical (unpaired) electrons. The average molecular weight is 299 g/mol. The summed E-state index contributed by atoms with van der Waals surface area (Å²) in [6.07, 6.45) is 13.2. The van der Waals surface area contributed by atoms with Gasteiger partial charge in [0.25, 0.3) is 0 Å². The van der Waals surface area contributed by atoms with Gasteiger partial charge in [0.1, 0.15) is 0 Å². The highest BCUT2D eigenvalue weighted by atomic mass is 15.0. The second kappa shape index (κ2) is 10.6. The van der Waals surface area contributed by atoms with E-state index in [-0.39, 0.29) is 5.41 Å². The van der Waals surface area contributed by atoms with Crippen LogP contribution in [0, 0.1) is 11.3 Å². The molecule has 21 heavy (non-hydrogen) atoms. The molecular weight excluding hydrogens is 256 g/mol. The lowest BCUT2D eigenvalue weighted by molar-refractivity contribution is 0.00585. The van der Waals surface area contributed by atoms with Gasteiger partial charge in [-0.05, 0) is 31.6 Å². The van der Waals surface area contributed by atoms with E-state index in [9.17, 15) is 0 Å². The number of rotatable bonds is 13. The number of nitrogens with two attached hydrogens (primary N) is 2. The molecule has 0 aliphatic rings. The Bertz CT molecular complexity index is 242. The summed E-state index contributed by atoms with van der Waals surface area (Å²) in [4.78, 5) is 0. The minimum atomic E-state index is -0.513. The van der Waals surface area contributed by atoms with Crippen molar-refractivity contribution in [2.75, 3.05) is 0 Å². The van der Waals surface area contributed by atoms with Gasteiger partial charge in [-0.25, -0.2) is 0 Å². The predicted octanol–water partition coefficient (Wildman–Crippen LogP) is 5.59. The minimum Gasteiger partial charge on any atom is -0.313 e. The summed E-state index contributed by atoms with van der Waals surface area (Å²) in [5.41, 5.74) is 13.1. The smallest absolute Gasteiger partial charge is 0.0697 e. The molecule has 1 atom stereocenters. The van der Waals surface area contributed by atoms with Crippen molar-refractivity contribution >= 4 is 0 Å². The first-order valence-corrected chi connectivity index (χ1v) is 9.53. The lowest BCUT2D eigenvalue weighted by Crippen LogP contribution is -2.65. The number of unbranched alkanes of at least 4 members (excludes halogenated alkanes) is 1. The highest BCUT2D eigenvalue weighted by Gasteiger charge is 2.48. The van der Waals surface area contributed by atoms with Crippen LogP contribution in [-0.2, 0) is 0 Å². The van der Waals surface area contributed by atoms with Crippen LogP contribution in [0.25, 0.3) is 0 Å². The monoisotopic (exact) mass is 298 g/mol. The predicted molar refractivity (Wildman–Crippen MR) is 96.2 cm³/mol. The molecule has 0 aromatic heterocycles. The normalized spacial score (nSPS) is 14.4.